The zero-order valence-electron chi connectivity index (χ0n) is 5.48. The summed E-state index contributed by atoms with van der Waals surface area (Å²) in [5, 5.41) is 0. The van der Waals surface area contributed by atoms with Gasteiger partial charge in [0.05, 0.1) is 0 Å². The van der Waals surface area contributed by atoms with Gasteiger partial charge < -0.3 is 17.5 Å². The molecule has 3 N–H and O–H groups in total. The summed E-state index contributed by atoms with van der Waals surface area (Å²) >= 11 is 0. The van der Waals surface area contributed by atoms with E-state index in [4.69, 9.17) is 19.2 Å². The molecule has 7 heteroatoms. The quantitative estimate of drug-likeness (QED) is 0.391. The summed E-state index contributed by atoms with van der Waals surface area (Å²) < 4.78 is 8.88. The van der Waals surface area contributed by atoms with Gasteiger partial charge in [-0.05, 0) is 0 Å². The predicted molar refractivity (Wildman–Crippen MR) is 22.2 cm³/mol. The van der Waals surface area contributed by atoms with Crippen molar-refractivity contribution in [2.24, 2.45) is 0 Å². The third kappa shape index (κ3) is 52.1. The van der Waals surface area contributed by atoms with Crippen molar-refractivity contribution in [3.05, 3.63) is 0 Å². The molecule has 0 atom stereocenters. The van der Waals surface area contributed by atoms with Crippen LogP contribution in [0.5, 0.6) is 0 Å². The standard InChI is InChI=1S/La.H3O4P.Sr.2H/c;1-5(2,3)4;;;/h;(H3,1,2,3,4);;;/q;;+2;2*-1. The molecule has 0 aromatic heterocycles. The first-order chi connectivity index (χ1) is 2.00. The van der Waals surface area contributed by atoms with Crippen molar-refractivity contribution in [1.82, 2.24) is 0 Å². The molecule has 0 bridgehead atoms. The Morgan fingerprint density at radius 1 is 1.29 bits per heavy atom. The molecule has 0 aromatic carbocycles. The second kappa shape index (κ2) is 6.90. The van der Waals surface area contributed by atoms with E-state index in [1.54, 1.807) is 0 Å². The Hall–Kier alpha value is 2.79. The number of hydrogen-bond donors (Lipinski definition) is 3. The number of rotatable bonds is 0. The van der Waals surface area contributed by atoms with E-state index in [0.717, 1.165) is 0 Å². The first-order valence-electron chi connectivity index (χ1n) is 0.783. The van der Waals surface area contributed by atoms with Crippen LogP contribution in [0.25, 0.3) is 0 Å². The molecule has 0 aromatic rings. The van der Waals surface area contributed by atoms with Crippen LogP contribution >= 0.6 is 7.82 Å². The SMILES string of the molecule is O=P(O)(O)O.[H-].[H-].[La].[Sr+2]. The zero-order valence-corrected chi connectivity index (χ0v) is 11.5. The van der Waals surface area contributed by atoms with Crippen LogP contribution in [-0.4, -0.2) is 60.2 Å². The molecule has 1 radical (unpaired) electrons. The average Bonchev–Trinajstić information content (AvgIpc) is 0.722. The molecule has 0 aliphatic carbocycles. The Bertz CT molecular complexity index is 64.7. The molecule has 0 unspecified atom stereocenters. The second-order valence-electron chi connectivity index (χ2n) is 0.513. The van der Waals surface area contributed by atoms with Crippen LogP contribution in [0.2, 0.25) is 0 Å². The molecule has 0 spiro atoms. The fourth-order valence-corrected chi connectivity index (χ4v) is 0. The van der Waals surface area contributed by atoms with Crippen LogP contribution in [-0.2, 0) is 4.57 Å². The van der Waals surface area contributed by atoms with Gasteiger partial charge in [0.25, 0.3) is 0 Å². The average molecular weight is 327 g/mol. The summed E-state index contributed by atoms with van der Waals surface area (Å²) in [6, 6.07) is 0. The molecule has 39 valence electrons. The molecule has 0 saturated carbocycles. The molecule has 0 rings (SSSR count). The summed E-state index contributed by atoms with van der Waals surface area (Å²) in [7, 11) is -4.64. The van der Waals surface area contributed by atoms with Crippen molar-refractivity contribution in [2.75, 3.05) is 0 Å². The van der Waals surface area contributed by atoms with Crippen molar-refractivity contribution in [2.45, 2.75) is 0 Å². The van der Waals surface area contributed by atoms with Crippen LogP contribution < -0.4 is 0 Å². The van der Waals surface area contributed by atoms with Gasteiger partial charge in [0, 0.05) is 35.6 Å². The van der Waals surface area contributed by atoms with Crippen molar-refractivity contribution in [3.63, 3.8) is 0 Å². The molecule has 0 aliphatic rings. The summed E-state index contributed by atoms with van der Waals surface area (Å²) in [6.07, 6.45) is 0. The maximum Gasteiger partial charge on any atom is 2.00 e. The Labute approximate surface area is 109 Å². The van der Waals surface area contributed by atoms with Gasteiger partial charge in [0.2, 0.25) is 0 Å². The third-order valence-electron chi connectivity index (χ3n) is 0. The van der Waals surface area contributed by atoms with E-state index in [1.165, 1.54) is 0 Å². The fourth-order valence-electron chi connectivity index (χ4n) is 0. The minimum atomic E-state index is -4.64. The normalized spacial score (nSPS) is 8.43. The largest absolute Gasteiger partial charge is 2.00 e. The van der Waals surface area contributed by atoms with Crippen molar-refractivity contribution in [1.29, 1.82) is 0 Å². The molecule has 7 heavy (non-hydrogen) atoms. The van der Waals surface area contributed by atoms with E-state index in [2.05, 4.69) is 0 Å². The first-order valence-corrected chi connectivity index (χ1v) is 2.35. The Kier molecular flexibility index (Phi) is 16.2. The van der Waals surface area contributed by atoms with Crippen molar-refractivity contribution >= 4 is 53.3 Å². The van der Waals surface area contributed by atoms with Gasteiger partial charge >= 0.3 is 53.3 Å². The minimum Gasteiger partial charge on any atom is -1.00 e. The maximum absolute atomic E-state index is 8.88. The summed E-state index contributed by atoms with van der Waals surface area (Å²) in [5.74, 6) is 0. The maximum atomic E-state index is 8.88. The fraction of sp³-hybridized carbons (Fsp3) is 0. The van der Waals surface area contributed by atoms with Crippen LogP contribution in [0.3, 0.4) is 0 Å². The molecule has 0 aliphatic heterocycles. The molecule has 4 nitrogen and oxygen atoms in total. The van der Waals surface area contributed by atoms with Gasteiger partial charge in [-0.25, -0.2) is 4.57 Å². The van der Waals surface area contributed by atoms with E-state index in [9.17, 15) is 0 Å². The second-order valence-corrected chi connectivity index (χ2v) is 1.54. The van der Waals surface area contributed by atoms with Gasteiger partial charge in [-0.3, -0.25) is 0 Å². The van der Waals surface area contributed by atoms with E-state index in [-0.39, 0.29) is 83.9 Å². The van der Waals surface area contributed by atoms with Crippen LogP contribution in [0, 0.1) is 35.6 Å². The zero-order chi connectivity index (χ0) is 4.50. The van der Waals surface area contributed by atoms with Crippen LogP contribution in [0.1, 0.15) is 2.85 Å². The molecule has 0 saturated heterocycles. The molecule has 0 heterocycles. The van der Waals surface area contributed by atoms with E-state index >= 15 is 0 Å². The predicted octanol–water partition coefficient (Wildman–Crippen LogP) is -1.08. The Balaban J connectivity index is -0.0000000133. The number of phosphoric acid groups is 1. The summed E-state index contributed by atoms with van der Waals surface area (Å²) in [5.41, 5.74) is 0. The van der Waals surface area contributed by atoms with Crippen LogP contribution in [0.4, 0.5) is 0 Å². The van der Waals surface area contributed by atoms with Gasteiger partial charge in [0.1, 0.15) is 0 Å². The van der Waals surface area contributed by atoms with E-state index in [0.29, 0.717) is 0 Å². The Morgan fingerprint density at radius 2 is 1.29 bits per heavy atom. The van der Waals surface area contributed by atoms with Gasteiger partial charge in [0.15, 0.2) is 0 Å². The smallest absolute Gasteiger partial charge is 1.00 e. The monoisotopic (exact) mass is 327 g/mol. The topological polar surface area (TPSA) is 77.8 Å². The molecule has 0 amide bonds. The molecule has 0 fully saturated rings. The van der Waals surface area contributed by atoms with Crippen molar-refractivity contribution < 1.29 is 57.7 Å². The van der Waals surface area contributed by atoms with Gasteiger partial charge in [-0.1, -0.05) is 0 Å². The van der Waals surface area contributed by atoms with Crippen LogP contribution in [0.15, 0.2) is 0 Å². The minimum absolute atomic E-state index is 0. The Morgan fingerprint density at radius 3 is 1.29 bits per heavy atom. The molecular formula is H5LaO4PSr. The molecular weight excluding hydrogens is 321 g/mol. The third-order valence-corrected chi connectivity index (χ3v) is 0. The van der Waals surface area contributed by atoms with Gasteiger partial charge in [-0.15, -0.1) is 0 Å². The summed E-state index contributed by atoms with van der Waals surface area (Å²) in [6.45, 7) is 0. The van der Waals surface area contributed by atoms with E-state index < -0.39 is 7.82 Å². The van der Waals surface area contributed by atoms with Crippen molar-refractivity contribution in [3.8, 4) is 0 Å². The first kappa shape index (κ1) is 16.4. The number of hydrogen-bond acceptors (Lipinski definition) is 1. The van der Waals surface area contributed by atoms with Gasteiger partial charge in [-0.2, -0.15) is 0 Å². The van der Waals surface area contributed by atoms with E-state index in [1.807, 2.05) is 0 Å². The summed E-state index contributed by atoms with van der Waals surface area (Å²) in [4.78, 5) is 21.6.